The number of quaternary nitrogens is 1. The molecule has 0 aromatic heterocycles. The maximum absolute atomic E-state index is 13.2. The Balaban J connectivity index is 1.22. The molecule has 2 heterocycles. The average Bonchev–Trinajstić information content (AvgIpc) is 3.41. The van der Waals surface area contributed by atoms with Gasteiger partial charge < -0.3 is 24.4 Å². The molecule has 1 saturated heterocycles. The van der Waals surface area contributed by atoms with Crippen molar-refractivity contribution >= 4 is 5.91 Å². The number of hydrogen-bond acceptors (Lipinski definition) is 4. The molecule has 2 bridgehead atoms. The van der Waals surface area contributed by atoms with E-state index in [1.165, 1.54) is 17.7 Å². The van der Waals surface area contributed by atoms with Gasteiger partial charge >= 0.3 is 6.18 Å². The average molecular weight is 660 g/mol. The van der Waals surface area contributed by atoms with Gasteiger partial charge in [-0.05, 0) is 42.7 Å². The van der Waals surface area contributed by atoms with Crippen molar-refractivity contribution in [1.29, 1.82) is 0 Å². The molecule has 6 atom stereocenters. The predicted molar refractivity (Wildman–Crippen MR) is 176 cm³/mol. The zero-order valence-corrected chi connectivity index (χ0v) is 27.6. The predicted octanol–water partition coefficient (Wildman–Crippen LogP) is 6.41. The molecule has 2 aliphatic carbocycles. The Labute approximate surface area is 279 Å². The van der Waals surface area contributed by atoms with Crippen LogP contribution in [0.3, 0.4) is 0 Å². The SMILES string of the molecule is COc1cc(O)c2c3c1O[C@H]1[C@@H](NC(=O)C#Cc4ccc(C(F)(F)F)cc4)CC[C@H]4[C@@H](C2)[N+](CCc2ccccc2)(CC(C)C)CC[C@@]341. The number of aromatic hydroxyl groups is 1. The molecule has 1 amide bonds. The number of nitrogens with one attached hydrogen (secondary N) is 1. The molecule has 3 aromatic carbocycles. The van der Waals surface area contributed by atoms with Crippen LogP contribution in [-0.2, 0) is 29.2 Å². The topological polar surface area (TPSA) is 67.8 Å². The molecular formula is C39H42F3N2O4+. The van der Waals surface area contributed by atoms with Gasteiger partial charge in [0.25, 0.3) is 5.91 Å². The number of phenolic OH excluding ortho intramolecular Hbond substituents is 1. The van der Waals surface area contributed by atoms with Crippen LogP contribution in [0, 0.1) is 23.7 Å². The highest BCUT2D eigenvalue weighted by atomic mass is 19.4. The summed E-state index contributed by atoms with van der Waals surface area (Å²) in [6, 6.07) is 16.7. The Hall–Kier alpha value is -4.16. The Morgan fingerprint density at radius 3 is 2.58 bits per heavy atom. The third-order valence-corrected chi connectivity index (χ3v) is 11.4. The second-order valence-corrected chi connectivity index (χ2v) is 14.4. The van der Waals surface area contributed by atoms with Crippen molar-refractivity contribution in [3.8, 4) is 29.1 Å². The number of carbonyl (C=O) groups is 1. The standard InChI is InChI=1S/C39H41F3N2O4/c1-24(2)23-44(19-17-25-7-5-4-6-8-25)20-18-38-29-14-15-30(43-34(46)16-11-26-9-12-27(13-10-26)39(40,41)42)37(38)48-36-33(47-3)22-32(45)28(35(36)38)21-31(29)44/h4-10,12-13,22,24,29-31,37H,14-15,17-21,23H2,1-3H3,(H-,43,45,46)/p+1/t29-,30-,31+,37-,38-,44?/m0/s1. The molecule has 7 rings (SSSR count). The molecule has 2 aliphatic heterocycles. The fourth-order valence-electron chi connectivity index (χ4n) is 9.64. The smallest absolute Gasteiger partial charge is 0.416 e. The van der Waals surface area contributed by atoms with Crippen LogP contribution in [0.25, 0.3) is 0 Å². The van der Waals surface area contributed by atoms with E-state index in [1.54, 1.807) is 13.2 Å². The lowest BCUT2D eigenvalue weighted by atomic mass is 9.50. The highest BCUT2D eigenvalue weighted by molar-refractivity contribution is 5.94. The third kappa shape index (κ3) is 5.38. The number of phenols is 1. The van der Waals surface area contributed by atoms with E-state index in [4.69, 9.17) is 9.47 Å². The molecular weight excluding hydrogens is 617 g/mol. The van der Waals surface area contributed by atoms with Gasteiger partial charge in [-0.25, -0.2) is 0 Å². The van der Waals surface area contributed by atoms with Crippen molar-refractivity contribution in [3.05, 3.63) is 88.5 Å². The lowest BCUT2D eigenvalue weighted by molar-refractivity contribution is -0.964. The van der Waals surface area contributed by atoms with E-state index in [-0.39, 0.29) is 29.9 Å². The van der Waals surface area contributed by atoms with Crippen molar-refractivity contribution in [2.75, 3.05) is 26.7 Å². The minimum Gasteiger partial charge on any atom is -0.508 e. The van der Waals surface area contributed by atoms with Crippen LogP contribution in [-0.4, -0.2) is 60.4 Å². The number of halogens is 3. The lowest BCUT2D eigenvalue weighted by Gasteiger charge is -2.63. The number of piperidine rings is 1. The summed E-state index contributed by atoms with van der Waals surface area (Å²) in [6.07, 6.45) is -0.607. The third-order valence-electron chi connectivity index (χ3n) is 11.4. The number of ether oxygens (including phenoxy) is 2. The summed E-state index contributed by atoms with van der Waals surface area (Å²) in [4.78, 5) is 13.2. The molecule has 3 aromatic rings. The fraction of sp³-hybridized carbons (Fsp3) is 0.462. The minimum absolute atomic E-state index is 0.235. The molecule has 2 fully saturated rings. The van der Waals surface area contributed by atoms with E-state index in [0.717, 1.165) is 73.1 Å². The van der Waals surface area contributed by atoms with E-state index in [1.807, 2.05) is 0 Å². The zero-order valence-electron chi connectivity index (χ0n) is 27.6. The highest BCUT2D eigenvalue weighted by Crippen LogP contribution is 2.66. The molecule has 252 valence electrons. The number of methoxy groups -OCH3 is 1. The zero-order chi connectivity index (χ0) is 33.8. The number of carbonyl (C=O) groups excluding carboxylic acids is 1. The Morgan fingerprint density at radius 2 is 1.90 bits per heavy atom. The van der Waals surface area contributed by atoms with Gasteiger partial charge in [0, 0.05) is 59.8 Å². The van der Waals surface area contributed by atoms with Crippen molar-refractivity contribution in [2.24, 2.45) is 11.8 Å². The molecule has 1 saturated carbocycles. The van der Waals surface area contributed by atoms with Gasteiger partial charge in [0.1, 0.15) is 11.9 Å². The summed E-state index contributed by atoms with van der Waals surface area (Å²) < 4.78 is 52.5. The summed E-state index contributed by atoms with van der Waals surface area (Å²) in [5, 5.41) is 14.6. The molecule has 4 aliphatic rings. The van der Waals surface area contributed by atoms with Crippen molar-refractivity contribution < 1.29 is 37.0 Å². The van der Waals surface area contributed by atoms with Crippen LogP contribution in [0.4, 0.5) is 13.2 Å². The first-order chi connectivity index (χ1) is 22.9. The number of alkyl halides is 3. The highest BCUT2D eigenvalue weighted by Gasteiger charge is 2.70. The molecule has 9 heteroatoms. The fourth-order valence-corrected chi connectivity index (χ4v) is 9.64. The summed E-state index contributed by atoms with van der Waals surface area (Å²) >= 11 is 0. The Morgan fingerprint density at radius 1 is 1.15 bits per heavy atom. The van der Waals surface area contributed by atoms with E-state index in [2.05, 4.69) is 61.3 Å². The molecule has 1 spiro atoms. The van der Waals surface area contributed by atoms with E-state index < -0.39 is 23.1 Å². The summed E-state index contributed by atoms with van der Waals surface area (Å²) in [5.74, 6) is 6.99. The van der Waals surface area contributed by atoms with Crippen LogP contribution < -0.4 is 14.8 Å². The maximum atomic E-state index is 13.2. The maximum Gasteiger partial charge on any atom is 0.416 e. The number of amides is 1. The lowest BCUT2D eigenvalue weighted by Crippen LogP contribution is -2.75. The first-order valence-corrected chi connectivity index (χ1v) is 16.9. The van der Waals surface area contributed by atoms with Gasteiger partial charge in [-0.1, -0.05) is 50.1 Å². The molecule has 0 radical (unpaired) electrons. The summed E-state index contributed by atoms with van der Waals surface area (Å²) in [5.41, 5.74) is 2.48. The normalized spacial score (nSPS) is 28.1. The number of nitrogens with zero attached hydrogens (tertiary/aromatic N) is 1. The number of rotatable bonds is 7. The summed E-state index contributed by atoms with van der Waals surface area (Å²) in [6.45, 7) is 7.63. The van der Waals surface area contributed by atoms with Crippen LogP contribution in [0.15, 0.2) is 60.7 Å². The van der Waals surface area contributed by atoms with E-state index >= 15 is 0 Å². The summed E-state index contributed by atoms with van der Waals surface area (Å²) in [7, 11) is 1.58. The second kappa shape index (κ2) is 12.1. The first kappa shape index (κ1) is 32.4. The first-order valence-electron chi connectivity index (χ1n) is 16.9. The van der Waals surface area contributed by atoms with Gasteiger partial charge in [0.05, 0.1) is 49.8 Å². The van der Waals surface area contributed by atoms with Gasteiger partial charge in [-0.15, -0.1) is 0 Å². The molecule has 1 unspecified atom stereocenters. The van der Waals surface area contributed by atoms with Crippen LogP contribution >= 0.6 is 0 Å². The quantitative estimate of drug-likeness (QED) is 0.227. The second-order valence-electron chi connectivity index (χ2n) is 14.4. The van der Waals surface area contributed by atoms with Crippen LogP contribution in [0.1, 0.15) is 60.9 Å². The Bertz CT molecular complexity index is 1760. The van der Waals surface area contributed by atoms with Crippen LogP contribution in [0.2, 0.25) is 0 Å². The van der Waals surface area contributed by atoms with Gasteiger partial charge in [0.15, 0.2) is 11.5 Å². The van der Waals surface area contributed by atoms with E-state index in [0.29, 0.717) is 29.4 Å². The van der Waals surface area contributed by atoms with Gasteiger partial charge in [-0.2, -0.15) is 13.2 Å². The van der Waals surface area contributed by atoms with Gasteiger partial charge in [0.2, 0.25) is 0 Å². The molecule has 48 heavy (non-hydrogen) atoms. The monoisotopic (exact) mass is 659 g/mol. The van der Waals surface area contributed by atoms with Crippen molar-refractivity contribution in [1.82, 2.24) is 5.32 Å². The number of hydrogen-bond donors (Lipinski definition) is 2. The largest absolute Gasteiger partial charge is 0.508 e. The number of likely N-dealkylation sites (tertiary alicyclic amines) is 1. The van der Waals surface area contributed by atoms with Crippen LogP contribution in [0.5, 0.6) is 17.2 Å². The van der Waals surface area contributed by atoms with Crippen molar-refractivity contribution in [2.45, 2.75) is 75.7 Å². The van der Waals surface area contributed by atoms with E-state index in [9.17, 15) is 23.1 Å². The van der Waals surface area contributed by atoms with Gasteiger partial charge in [-0.3, -0.25) is 4.79 Å². The number of benzene rings is 3. The minimum atomic E-state index is -4.44. The van der Waals surface area contributed by atoms with Crippen molar-refractivity contribution in [3.63, 3.8) is 0 Å². The molecule has 2 N–H and O–H groups in total. The molecule has 6 nitrogen and oxygen atoms in total. The Kier molecular flexibility index (Phi) is 8.14.